The molecule has 0 aliphatic rings. The zero-order valence-electron chi connectivity index (χ0n) is 11.5. The fraction of sp³-hybridized carbons (Fsp3) is 0.800. The molecular weight excluding hydrogens is 295 g/mol. The van der Waals surface area contributed by atoms with Gasteiger partial charge in [0.15, 0.2) is 0 Å². The molecule has 0 saturated heterocycles. The molecule has 0 aliphatic heterocycles. The lowest BCUT2D eigenvalue weighted by Gasteiger charge is -2.45. The molecule has 0 radical (unpaired) electrons. The summed E-state index contributed by atoms with van der Waals surface area (Å²) in [5, 5.41) is 16.9. The van der Waals surface area contributed by atoms with Crippen LogP contribution >= 0.6 is 16.4 Å². The largest absolute Gasteiger partial charge is 0.481 e. The molecule has 1 atom stereocenters. The monoisotopic (exact) mass is 316 g/mol. The molecule has 0 fully saturated rings. The van der Waals surface area contributed by atoms with Crippen LogP contribution in [0.2, 0.25) is 0 Å². The van der Waals surface area contributed by atoms with Gasteiger partial charge in [0.05, 0.1) is 6.42 Å². The molecule has 0 bridgehead atoms. The van der Waals surface area contributed by atoms with E-state index < -0.39 is 40.1 Å². The van der Waals surface area contributed by atoms with Gasteiger partial charge in [0, 0.05) is 14.2 Å². The van der Waals surface area contributed by atoms with Crippen LogP contribution in [-0.2, 0) is 23.2 Å². The average molecular weight is 316 g/mol. The van der Waals surface area contributed by atoms with Crippen molar-refractivity contribution in [3.8, 4) is 0 Å². The maximum atomic E-state index is 12.7. The van der Waals surface area contributed by atoms with Crippen LogP contribution in [0.1, 0.15) is 20.3 Å². The molecule has 0 aromatic carbocycles. The van der Waals surface area contributed by atoms with Crippen molar-refractivity contribution in [2.75, 3.05) is 25.7 Å². The van der Waals surface area contributed by atoms with Gasteiger partial charge in [-0.2, -0.15) is 0 Å². The molecule has 114 valence electrons. The van der Waals surface area contributed by atoms with Crippen molar-refractivity contribution in [2.45, 2.75) is 25.5 Å². The van der Waals surface area contributed by atoms with Gasteiger partial charge in [-0.3, -0.25) is 9.59 Å². The first-order chi connectivity index (χ1) is 8.74. The molecule has 0 spiro atoms. The van der Waals surface area contributed by atoms with Crippen molar-refractivity contribution in [3.05, 3.63) is 0 Å². The highest BCUT2D eigenvalue weighted by atomic mass is 32.8. The van der Waals surface area contributed by atoms with Gasteiger partial charge in [-0.15, -0.1) is 9.65 Å². The van der Waals surface area contributed by atoms with Gasteiger partial charge in [-0.1, -0.05) is 13.8 Å². The minimum Gasteiger partial charge on any atom is -0.481 e. The highest BCUT2D eigenvalue weighted by Gasteiger charge is 2.51. The number of carboxylic acid groups (broad SMARTS) is 2. The summed E-state index contributed by atoms with van der Waals surface area (Å²) < 4.78 is 22.6. The Bertz CT molecular complexity index is 372. The van der Waals surface area contributed by atoms with Crippen LogP contribution < -0.4 is 0 Å². The van der Waals surface area contributed by atoms with Crippen LogP contribution in [0.25, 0.3) is 0 Å². The summed E-state index contributed by atoms with van der Waals surface area (Å²) in [5.41, 5.74) is 0. The third kappa shape index (κ3) is 3.51. The Balaban J connectivity index is 5.89. The van der Waals surface area contributed by atoms with E-state index in [1.807, 2.05) is 0 Å². The number of carbonyl (C=O) groups is 2. The van der Waals surface area contributed by atoms with E-state index in [1.165, 1.54) is 14.2 Å². The Hall–Kier alpha value is -0.560. The SMILES string of the molecule is CCS(CC)(C(CC(=O)O)C(=O)O)P(=O)(OC)OC. The van der Waals surface area contributed by atoms with E-state index in [1.54, 1.807) is 13.8 Å². The van der Waals surface area contributed by atoms with Crippen molar-refractivity contribution < 1.29 is 33.4 Å². The summed E-state index contributed by atoms with van der Waals surface area (Å²) in [5.74, 6) is -2.01. The molecule has 0 aromatic heterocycles. The van der Waals surface area contributed by atoms with Gasteiger partial charge < -0.3 is 19.3 Å². The molecule has 0 amide bonds. The van der Waals surface area contributed by atoms with Crippen LogP contribution in [0.5, 0.6) is 0 Å². The van der Waals surface area contributed by atoms with Crippen molar-refractivity contribution >= 4 is 28.4 Å². The van der Waals surface area contributed by atoms with E-state index in [0.29, 0.717) is 0 Å². The van der Waals surface area contributed by atoms with E-state index in [2.05, 4.69) is 0 Å². The molecule has 2 N–H and O–H groups in total. The lowest BCUT2D eigenvalue weighted by Crippen LogP contribution is -2.33. The van der Waals surface area contributed by atoms with Crippen LogP contribution in [0.4, 0.5) is 0 Å². The van der Waals surface area contributed by atoms with Crippen LogP contribution in [-0.4, -0.2) is 53.1 Å². The lowest BCUT2D eigenvalue weighted by atomic mass is 10.3. The first kappa shape index (κ1) is 18.4. The van der Waals surface area contributed by atoms with Crippen molar-refractivity contribution in [2.24, 2.45) is 0 Å². The molecule has 0 saturated carbocycles. The van der Waals surface area contributed by atoms with Crippen molar-refractivity contribution in [3.63, 3.8) is 0 Å². The molecule has 7 nitrogen and oxygen atoms in total. The Labute approximate surface area is 113 Å². The molecule has 0 rings (SSSR count). The van der Waals surface area contributed by atoms with Crippen molar-refractivity contribution in [1.82, 2.24) is 0 Å². The van der Waals surface area contributed by atoms with Crippen LogP contribution in [0.15, 0.2) is 0 Å². The van der Waals surface area contributed by atoms with E-state index >= 15 is 0 Å². The highest BCUT2D eigenvalue weighted by Crippen LogP contribution is 2.84. The maximum absolute atomic E-state index is 12.7. The van der Waals surface area contributed by atoms with E-state index in [4.69, 9.17) is 14.2 Å². The second-order valence-corrected chi connectivity index (χ2v) is 12.4. The Kier molecular flexibility index (Phi) is 7.07. The predicted octanol–water partition coefficient (Wildman–Crippen LogP) is 2.16. The summed E-state index contributed by atoms with van der Waals surface area (Å²) in [6.45, 7) is -0.286. The minimum absolute atomic E-state index is 0.257. The van der Waals surface area contributed by atoms with E-state index in [0.717, 1.165) is 0 Å². The van der Waals surface area contributed by atoms with Crippen LogP contribution in [0.3, 0.4) is 0 Å². The van der Waals surface area contributed by atoms with Gasteiger partial charge in [-0.05, 0) is 11.5 Å². The Morgan fingerprint density at radius 2 is 1.58 bits per heavy atom. The molecule has 0 aromatic rings. The van der Waals surface area contributed by atoms with Gasteiger partial charge in [0.2, 0.25) is 0 Å². The molecule has 19 heavy (non-hydrogen) atoms. The second-order valence-electron chi connectivity index (χ2n) is 3.72. The smallest absolute Gasteiger partial charge is 0.372 e. The molecular formula is C10H21O7PS. The summed E-state index contributed by atoms with van der Waals surface area (Å²) in [6.07, 6.45) is -0.594. The topological polar surface area (TPSA) is 110 Å². The fourth-order valence-electron chi connectivity index (χ4n) is 2.04. The number of rotatable bonds is 9. The number of aliphatic carboxylic acids is 2. The third-order valence-corrected chi connectivity index (χ3v) is 14.1. The number of carboxylic acids is 2. The van der Waals surface area contributed by atoms with E-state index in [9.17, 15) is 19.3 Å². The summed E-state index contributed by atoms with van der Waals surface area (Å²) >= 11 is 0. The first-order valence-electron chi connectivity index (χ1n) is 5.68. The molecule has 9 heteroatoms. The number of hydrogen-bond acceptors (Lipinski definition) is 5. The third-order valence-electron chi connectivity index (χ3n) is 3.06. The summed E-state index contributed by atoms with van der Waals surface area (Å²) in [4.78, 5) is 22.3. The fourth-order valence-corrected chi connectivity index (χ4v) is 10.9. The van der Waals surface area contributed by atoms with Gasteiger partial charge in [0.25, 0.3) is 0 Å². The number of hydrogen-bond donors (Lipinski definition) is 2. The highest BCUT2D eigenvalue weighted by molar-refractivity contribution is 8.77. The quantitative estimate of drug-likeness (QED) is 0.627. The standard InChI is InChI=1S/C10H21O7PS/c1-5-19(6-2,18(15,16-3)17-4)8(10(13)14)7-9(11)12/h8H,5-7H2,1-4H3,(H,11,12)(H,13,14). The Morgan fingerprint density at radius 1 is 1.16 bits per heavy atom. The molecule has 0 heterocycles. The average Bonchev–Trinajstić information content (AvgIpc) is 2.38. The zero-order valence-corrected chi connectivity index (χ0v) is 13.2. The van der Waals surface area contributed by atoms with Crippen LogP contribution in [0, 0.1) is 0 Å². The normalized spacial score (nSPS) is 14.9. The zero-order chi connectivity index (χ0) is 15.3. The lowest BCUT2D eigenvalue weighted by molar-refractivity contribution is -0.143. The van der Waals surface area contributed by atoms with Crippen molar-refractivity contribution in [1.29, 1.82) is 0 Å². The molecule has 1 unspecified atom stereocenters. The van der Waals surface area contributed by atoms with Gasteiger partial charge >= 0.3 is 18.7 Å². The Morgan fingerprint density at radius 3 is 1.79 bits per heavy atom. The maximum Gasteiger partial charge on any atom is 0.372 e. The predicted molar refractivity (Wildman–Crippen MR) is 74.0 cm³/mol. The van der Waals surface area contributed by atoms with E-state index in [-0.39, 0.29) is 11.5 Å². The summed E-state index contributed by atoms with van der Waals surface area (Å²) in [7, 11) is -0.0342. The van der Waals surface area contributed by atoms with Gasteiger partial charge in [0.1, 0.15) is 5.25 Å². The second kappa shape index (κ2) is 7.28. The van der Waals surface area contributed by atoms with Gasteiger partial charge in [-0.25, -0.2) is 4.57 Å². The first-order valence-corrected chi connectivity index (χ1v) is 9.86. The summed E-state index contributed by atoms with van der Waals surface area (Å²) in [6, 6.07) is 0. The molecule has 0 aliphatic carbocycles. The minimum atomic E-state index is -3.65.